The second-order valence-electron chi connectivity index (χ2n) is 10.2. The standard InChI is InChI=1S/C29H34N6OS/c1-3-35-27-21(18-24(28(35)36)26-13-12-25(37-26)20-6-4-5-7-20)19-30-29(32-27)31-22-8-10-23(11-9-22)34-16-14-33(2)15-17-34/h8-13,18-20H,3-7,14-17H2,1-2H3,(H,30,31,32). The molecule has 8 heteroatoms. The lowest BCUT2D eigenvalue weighted by atomic mass is 10.1. The molecule has 4 heterocycles. The molecule has 0 unspecified atom stereocenters. The highest BCUT2D eigenvalue weighted by Crippen LogP contribution is 2.40. The van der Waals surface area contributed by atoms with Gasteiger partial charge in [0.1, 0.15) is 5.65 Å². The molecule has 0 amide bonds. The van der Waals surface area contributed by atoms with E-state index in [1.165, 1.54) is 36.2 Å². The van der Waals surface area contributed by atoms with Gasteiger partial charge in [-0.15, -0.1) is 11.3 Å². The quantitative estimate of drug-likeness (QED) is 0.356. The number of aromatic nitrogens is 3. The molecule has 1 aliphatic heterocycles. The van der Waals surface area contributed by atoms with Crippen LogP contribution in [-0.4, -0.2) is 52.7 Å². The second-order valence-corrected chi connectivity index (χ2v) is 11.3. The van der Waals surface area contributed by atoms with Gasteiger partial charge in [-0.05, 0) is 75.2 Å². The maximum Gasteiger partial charge on any atom is 0.260 e. The largest absolute Gasteiger partial charge is 0.369 e. The van der Waals surface area contributed by atoms with Crippen molar-refractivity contribution < 1.29 is 0 Å². The number of nitrogens with one attached hydrogen (secondary N) is 1. The molecule has 1 N–H and O–H groups in total. The predicted octanol–water partition coefficient (Wildman–Crippen LogP) is 5.69. The van der Waals surface area contributed by atoms with Gasteiger partial charge in [-0.3, -0.25) is 9.36 Å². The predicted molar refractivity (Wildman–Crippen MR) is 153 cm³/mol. The average Bonchev–Trinajstić information content (AvgIpc) is 3.62. The van der Waals surface area contributed by atoms with E-state index < -0.39 is 0 Å². The van der Waals surface area contributed by atoms with Gasteiger partial charge in [0.2, 0.25) is 5.95 Å². The van der Waals surface area contributed by atoms with Crippen molar-refractivity contribution in [1.82, 2.24) is 19.4 Å². The molecule has 0 bridgehead atoms. The van der Waals surface area contributed by atoms with Crippen molar-refractivity contribution in [3.05, 3.63) is 63.9 Å². The first-order valence-electron chi connectivity index (χ1n) is 13.4. The highest BCUT2D eigenvalue weighted by atomic mass is 32.1. The molecule has 0 spiro atoms. The number of rotatable bonds is 6. The van der Waals surface area contributed by atoms with Gasteiger partial charge in [0.25, 0.3) is 5.56 Å². The number of aryl methyl sites for hydroxylation is 1. The van der Waals surface area contributed by atoms with Crippen LogP contribution in [0.15, 0.2) is 53.5 Å². The monoisotopic (exact) mass is 514 g/mol. The summed E-state index contributed by atoms with van der Waals surface area (Å²) in [6, 6.07) is 14.7. The van der Waals surface area contributed by atoms with Crippen molar-refractivity contribution in [2.75, 3.05) is 43.4 Å². The molecule has 0 atom stereocenters. The number of likely N-dealkylation sites (N-methyl/N-ethyl adjacent to an activating group) is 1. The number of hydrogen-bond acceptors (Lipinski definition) is 7. The fourth-order valence-corrected chi connectivity index (χ4v) is 6.75. The summed E-state index contributed by atoms with van der Waals surface area (Å²) in [5.41, 5.74) is 3.58. The van der Waals surface area contributed by atoms with Crippen LogP contribution in [0.25, 0.3) is 21.5 Å². The van der Waals surface area contributed by atoms with E-state index in [0.29, 0.717) is 24.1 Å². The van der Waals surface area contributed by atoms with Crippen LogP contribution in [-0.2, 0) is 6.54 Å². The van der Waals surface area contributed by atoms with Crippen molar-refractivity contribution in [2.24, 2.45) is 0 Å². The van der Waals surface area contributed by atoms with Gasteiger partial charge >= 0.3 is 0 Å². The Labute approximate surface area is 221 Å². The summed E-state index contributed by atoms with van der Waals surface area (Å²) in [5, 5.41) is 4.20. The third kappa shape index (κ3) is 4.88. The lowest BCUT2D eigenvalue weighted by molar-refractivity contribution is 0.313. The van der Waals surface area contributed by atoms with E-state index in [1.54, 1.807) is 15.9 Å². The maximum absolute atomic E-state index is 13.5. The molecule has 7 nitrogen and oxygen atoms in total. The Morgan fingerprint density at radius 1 is 1.03 bits per heavy atom. The highest BCUT2D eigenvalue weighted by molar-refractivity contribution is 7.15. The topological polar surface area (TPSA) is 66.3 Å². The van der Waals surface area contributed by atoms with Crippen molar-refractivity contribution in [3.8, 4) is 10.4 Å². The molecule has 1 aromatic carbocycles. The van der Waals surface area contributed by atoms with E-state index in [-0.39, 0.29) is 5.56 Å². The first-order valence-corrected chi connectivity index (χ1v) is 14.2. The van der Waals surface area contributed by atoms with E-state index in [2.05, 4.69) is 63.5 Å². The molecule has 6 rings (SSSR count). The molecule has 37 heavy (non-hydrogen) atoms. The number of fused-ring (bicyclic) bond motifs is 1. The SMILES string of the molecule is CCn1c(=O)c(-c2ccc(C3CCCC3)s2)cc2cnc(Nc3ccc(N4CCN(C)CC4)cc3)nc21. The molecule has 1 aliphatic carbocycles. The van der Waals surface area contributed by atoms with Crippen LogP contribution >= 0.6 is 11.3 Å². The average molecular weight is 515 g/mol. The number of thiophene rings is 1. The van der Waals surface area contributed by atoms with Crippen LogP contribution < -0.4 is 15.8 Å². The fraction of sp³-hybridized carbons (Fsp3) is 0.414. The minimum absolute atomic E-state index is 0.0102. The third-order valence-corrected chi connectivity index (χ3v) is 9.07. The second kappa shape index (κ2) is 10.3. The Morgan fingerprint density at radius 2 is 1.78 bits per heavy atom. The van der Waals surface area contributed by atoms with Crippen LogP contribution in [0.1, 0.15) is 43.4 Å². The molecule has 3 aromatic heterocycles. The van der Waals surface area contributed by atoms with Crippen LogP contribution in [0.5, 0.6) is 0 Å². The van der Waals surface area contributed by atoms with Gasteiger partial charge in [-0.25, -0.2) is 4.98 Å². The smallest absolute Gasteiger partial charge is 0.260 e. The first kappa shape index (κ1) is 24.1. The Bertz CT molecular complexity index is 1450. The Hall–Kier alpha value is -3.23. The van der Waals surface area contributed by atoms with E-state index in [4.69, 9.17) is 4.98 Å². The number of anilines is 3. The molecule has 1 saturated heterocycles. The summed E-state index contributed by atoms with van der Waals surface area (Å²) < 4.78 is 1.77. The zero-order valence-corrected chi connectivity index (χ0v) is 22.4. The Morgan fingerprint density at radius 3 is 2.51 bits per heavy atom. The molecule has 4 aromatic rings. The Kier molecular flexibility index (Phi) is 6.69. The van der Waals surface area contributed by atoms with Crippen molar-refractivity contribution >= 4 is 39.7 Å². The maximum atomic E-state index is 13.5. The lowest BCUT2D eigenvalue weighted by Gasteiger charge is -2.34. The fourth-order valence-electron chi connectivity index (χ4n) is 5.57. The lowest BCUT2D eigenvalue weighted by Crippen LogP contribution is -2.44. The number of pyridine rings is 1. The summed E-state index contributed by atoms with van der Waals surface area (Å²) in [6.07, 6.45) is 6.97. The van der Waals surface area contributed by atoms with Crippen LogP contribution in [0.3, 0.4) is 0 Å². The molecular weight excluding hydrogens is 480 g/mol. The Balaban J connectivity index is 1.25. The third-order valence-electron chi connectivity index (χ3n) is 7.78. The van der Waals surface area contributed by atoms with Crippen LogP contribution in [0, 0.1) is 0 Å². The first-order chi connectivity index (χ1) is 18.1. The summed E-state index contributed by atoms with van der Waals surface area (Å²) in [4.78, 5) is 30.1. The summed E-state index contributed by atoms with van der Waals surface area (Å²) in [6.45, 7) is 6.80. The van der Waals surface area contributed by atoms with E-state index >= 15 is 0 Å². The van der Waals surface area contributed by atoms with Gasteiger partial charge < -0.3 is 15.1 Å². The molecule has 2 fully saturated rings. The number of hydrogen-bond donors (Lipinski definition) is 1. The van der Waals surface area contributed by atoms with E-state index in [9.17, 15) is 4.79 Å². The van der Waals surface area contributed by atoms with Gasteiger partial charge in [-0.1, -0.05) is 12.8 Å². The summed E-state index contributed by atoms with van der Waals surface area (Å²) >= 11 is 1.77. The molecule has 1 saturated carbocycles. The molecule has 192 valence electrons. The van der Waals surface area contributed by atoms with Crippen molar-refractivity contribution in [3.63, 3.8) is 0 Å². The van der Waals surface area contributed by atoms with Crippen LogP contribution in [0.4, 0.5) is 17.3 Å². The van der Waals surface area contributed by atoms with Gasteiger partial charge in [0.15, 0.2) is 0 Å². The van der Waals surface area contributed by atoms with Gasteiger partial charge in [0, 0.05) is 65.4 Å². The normalized spacial score (nSPS) is 17.1. The van der Waals surface area contributed by atoms with Crippen molar-refractivity contribution in [2.45, 2.75) is 45.1 Å². The van der Waals surface area contributed by atoms with Gasteiger partial charge in [-0.2, -0.15) is 4.98 Å². The molecule has 2 aliphatic rings. The number of benzene rings is 1. The molecule has 0 radical (unpaired) electrons. The highest BCUT2D eigenvalue weighted by Gasteiger charge is 2.21. The number of piperazine rings is 1. The minimum Gasteiger partial charge on any atom is -0.369 e. The van der Waals surface area contributed by atoms with E-state index in [1.807, 2.05) is 19.2 Å². The van der Waals surface area contributed by atoms with E-state index in [0.717, 1.165) is 47.7 Å². The van der Waals surface area contributed by atoms with Crippen LogP contribution in [0.2, 0.25) is 0 Å². The van der Waals surface area contributed by atoms with Crippen molar-refractivity contribution in [1.29, 1.82) is 0 Å². The summed E-state index contributed by atoms with van der Waals surface area (Å²) in [7, 11) is 2.17. The summed E-state index contributed by atoms with van der Waals surface area (Å²) in [5.74, 6) is 1.15. The molecular formula is C29H34N6OS. The minimum atomic E-state index is 0.0102. The zero-order valence-electron chi connectivity index (χ0n) is 21.6. The zero-order chi connectivity index (χ0) is 25.4. The van der Waals surface area contributed by atoms with Gasteiger partial charge in [0.05, 0.1) is 5.56 Å². The number of nitrogens with zero attached hydrogens (tertiary/aromatic N) is 5.